The minimum absolute atomic E-state index is 0.0630. The van der Waals surface area contributed by atoms with Crippen molar-refractivity contribution in [3.8, 4) is 0 Å². The lowest BCUT2D eigenvalue weighted by atomic mass is 10.1. The number of pyridine rings is 1. The first-order valence-electron chi connectivity index (χ1n) is 6.04. The molecule has 0 spiro atoms. The molecule has 1 unspecified atom stereocenters. The van der Waals surface area contributed by atoms with Crippen molar-refractivity contribution in [1.29, 1.82) is 0 Å². The van der Waals surface area contributed by atoms with Gasteiger partial charge in [-0.15, -0.1) is 0 Å². The number of hydrogen-bond acceptors (Lipinski definition) is 4. The van der Waals surface area contributed by atoms with Crippen molar-refractivity contribution in [1.82, 2.24) is 19.5 Å². The zero-order chi connectivity index (χ0) is 15.8. The largest absolute Gasteiger partial charge is 0.273 e. The maximum Gasteiger partial charge on any atom is 0.244 e. The molecule has 0 aromatic carbocycles. The van der Waals surface area contributed by atoms with Crippen molar-refractivity contribution in [2.75, 3.05) is 0 Å². The quantitative estimate of drug-likeness (QED) is 0.810. The lowest BCUT2D eigenvalue weighted by Gasteiger charge is -2.14. The summed E-state index contributed by atoms with van der Waals surface area (Å²) >= 11 is 9.07. The predicted octanol–water partition coefficient (Wildman–Crippen LogP) is 2.58. The summed E-state index contributed by atoms with van der Waals surface area (Å²) in [6.45, 7) is 3.63. The second-order valence-corrected chi connectivity index (χ2v) is 7.55. The van der Waals surface area contributed by atoms with Crippen LogP contribution in [0.1, 0.15) is 24.2 Å². The second-order valence-electron chi connectivity index (χ2n) is 4.59. The van der Waals surface area contributed by atoms with Crippen LogP contribution in [0, 0.1) is 6.92 Å². The summed E-state index contributed by atoms with van der Waals surface area (Å²) in [5.41, 5.74) is 1.70. The summed E-state index contributed by atoms with van der Waals surface area (Å²) < 4.78 is 29.7. The fourth-order valence-electron chi connectivity index (χ4n) is 1.89. The van der Waals surface area contributed by atoms with Gasteiger partial charge in [-0.2, -0.15) is 5.10 Å². The van der Waals surface area contributed by atoms with Gasteiger partial charge in [0.15, 0.2) is 0 Å². The second kappa shape index (κ2) is 6.04. The number of aryl methyl sites for hydroxylation is 1. The highest BCUT2D eigenvalue weighted by Crippen LogP contribution is 2.25. The van der Waals surface area contributed by atoms with Crippen LogP contribution >= 0.6 is 27.5 Å². The number of rotatable bonds is 4. The topological polar surface area (TPSA) is 76.9 Å². The molecule has 0 saturated heterocycles. The Morgan fingerprint density at radius 2 is 2.10 bits per heavy atom. The van der Waals surface area contributed by atoms with Gasteiger partial charge in [-0.3, -0.25) is 4.68 Å². The van der Waals surface area contributed by atoms with E-state index < -0.39 is 16.1 Å². The average Bonchev–Trinajstić information content (AvgIpc) is 2.72. The van der Waals surface area contributed by atoms with Crippen LogP contribution in [0.15, 0.2) is 27.8 Å². The van der Waals surface area contributed by atoms with E-state index in [1.807, 2.05) is 6.92 Å². The third kappa shape index (κ3) is 3.45. The fourth-order valence-corrected chi connectivity index (χ4v) is 4.06. The van der Waals surface area contributed by atoms with E-state index in [1.165, 1.54) is 12.3 Å². The molecule has 2 heterocycles. The van der Waals surface area contributed by atoms with E-state index in [0.29, 0.717) is 4.47 Å². The van der Waals surface area contributed by atoms with Crippen molar-refractivity contribution in [3.05, 3.63) is 39.3 Å². The Morgan fingerprint density at radius 1 is 1.43 bits per heavy atom. The summed E-state index contributed by atoms with van der Waals surface area (Å²) in [5.74, 6) is 0. The molecule has 9 heteroatoms. The van der Waals surface area contributed by atoms with Crippen LogP contribution in [0.4, 0.5) is 0 Å². The van der Waals surface area contributed by atoms with Crippen LogP contribution in [0.2, 0.25) is 5.15 Å². The van der Waals surface area contributed by atoms with Crippen LogP contribution in [-0.2, 0) is 17.1 Å². The lowest BCUT2D eigenvalue weighted by Crippen LogP contribution is -2.27. The van der Waals surface area contributed by atoms with E-state index in [1.54, 1.807) is 24.9 Å². The number of halogens is 2. The first kappa shape index (κ1) is 16.4. The molecule has 21 heavy (non-hydrogen) atoms. The zero-order valence-electron chi connectivity index (χ0n) is 11.6. The van der Waals surface area contributed by atoms with Crippen molar-refractivity contribution < 1.29 is 8.42 Å². The maximum absolute atomic E-state index is 12.4. The molecule has 0 radical (unpaired) electrons. The van der Waals surface area contributed by atoms with Gasteiger partial charge in [0.2, 0.25) is 10.0 Å². The first-order valence-corrected chi connectivity index (χ1v) is 8.69. The Kier molecular flexibility index (Phi) is 4.72. The minimum atomic E-state index is -3.78. The van der Waals surface area contributed by atoms with Crippen LogP contribution in [0.5, 0.6) is 0 Å². The molecule has 0 aliphatic heterocycles. The maximum atomic E-state index is 12.4. The summed E-state index contributed by atoms with van der Waals surface area (Å²) in [6, 6.07) is 0.985. The Balaban J connectivity index is 2.33. The molecule has 0 fully saturated rings. The van der Waals surface area contributed by atoms with E-state index in [9.17, 15) is 8.42 Å². The lowest BCUT2D eigenvalue weighted by molar-refractivity contribution is 0.565. The molecule has 2 aromatic heterocycles. The number of nitrogens with zero attached hydrogens (tertiary/aromatic N) is 3. The van der Waals surface area contributed by atoms with E-state index >= 15 is 0 Å². The Hall–Kier alpha value is -0.960. The molecule has 2 rings (SSSR count). The number of hydrogen-bond donors (Lipinski definition) is 1. The summed E-state index contributed by atoms with van der Waals surface area (Å²) in [6.07, 6.45) is 3.08. The number of nitrogens with one attached hydrogen (secondary N) is 1. The minimum Gasteiger partial charge on any atom is -0.273 e. The predicted molar refractivity (Wildman–Crippen MR) is 83.6 cm³/mol. The highest BCUT2D eigenvalue weighted by atomic mass is 79.9. The van der Waals surface area contributed by atoms with Gasteiger partial charge in [0.1, 0.15) is 10.0 Å². The molecule has 0 aliphatic carbocycles. The van der Waals surface area contributed by atoms with Gasteiger partial charge in [-0.05, 0) is 35.8 Å². The summed E-state index contributed by atoms with van der Waals surface area (Å²) in [7, 11) is -1.98. The highest BCUT2D eigenvalue weighted by molar-refractivity contribution is 9.10. The monoisotopic (exact) mass is 392 g/mol. The van der Waals surface area contributed by atoms with Crippen molar-refractivity contribution in [2.24, 2.45) is 7.05 Å². The molecule has 0 aliphatic rings. The SMILES string of the molecule is Cc1c(C(C)NS(=O)(=O)c2cc(Br)cnc2Cl)cnn1C. The number of aromatic nitrogens is 3. The van der Waals surface area contributed by atoms with E-state index in [4.69, 9.17) is 11.6 Å². The van der Waals surface area contributed by atoms with Crippen molar-refractivity contribution in [3.63, 3.8) is 0 Å². The highest BCUT2D eigenvalue weighted by Gasteiger charge is 2.24. The van der Waals surface area contributed by atoms with Crippen LogP contribution in [0.3, 0.4) is 0 Å². The molecule has 0 saturated carbocycles. The van der Waals surface area contributed by atoms with Crippen LogP contribution < -0.4 is 4.72 Å². The van der Waals surface area contributed by atoms with Gasteiger partial charge in [-0.25, -0.2) is 18.1 Å². The normalized spacial score (nSPS) is 13.4. The first-order chi connectivity index (χ1) is 9.72. The third-order valence-electron chi connectivity index (χ3n) is 3.13. The molecular formula is C12H14BrClN4O2S. The zero-order valence-corrected chi connectivity index (χ0v) is 14.8. The molecule has 0 bridgehead atoms. The Morgan fingerprint density at radius 3 is 2.67 bits per heavy atom. The molecule has 6 nitrogen and oxygen atoms in total. The standard InChI is InChI=1S/C12H14BrClN4O2S/c1-7(10-6-16-18(3)8(10)2)17-21(19,20)11-4-9(13)5-15-12(11)14/h4-7,17H,1-3H3. The van der Waals surface area contributed by atoms with Crippen LogP contribution in [-0.4, -0.2) is 23.2 Å². The molecule has 1 atom stereocenters. The van der Waals surface area contributed by atoms with Crippen molar-refractivity contribution in [2.45, 2.75) is 24.8 Å². The Labute approximate surface area is 136 Å². The van der Waals surface area contributed by atoms with Crippen molar-refractivity contribution >= 4 is 37.6 Å². The molecule has 1 N–H and O–H groups in total. The van der Waals surface area contributed by atoms with Gasteiger partial charge in [0.05, 0.1) is 6.20 Å². The summed E-state index contributed by atoms with van der Waals surface area (Å²) in [4.78, 5) is 3.77. The van der Waals surface area contributed by atoms with Gasteiger partial charge in [0.25, 0.3) is 0 Å². The van der Waals surface area contributed by atoms with Gasteiger partial charge < -0.3 is 0 Å². The van der Waals surface area contributed by atoms with Gasteiger partial charge in [-0.1, -0.05) is 11.6 Å². The van der Waals surface area contributed by atoms with E-state index in [0.717, 1.165) is 11.3 Å². The third-order valence-corrected chi connectivity index (χ3v) is 5.54. The molecule has 114 valence electrons. The van der Waals surface area contributed by atoms with Gasteiger partial charge >= 0.3 is 0 Å². The van der Waals surface area contributed by atoms with E-state index in [2.05, 4.69) is 30.7 Å². The number of sulfonamides is 1. The Bertz CT molecular complexity index is 776. The van der Waals surface area contributed by atoms with E-state index in [-0.39, 0.29) is 10.0 Å². The summed E-state index contributed by atoms with van der Waals surface area (Å²) in [5, 5.41) is 4.04. The van der Waals surface area contributed by atoms with Gasteiger partial charge in [0, 0.05) is 35.0 Å². The molecular weight excluding hydrogens is 380 g/mol. The molecule has 0 amide bonds. The smallest absolute Gasteiger partial charge is 0.244 e. The fraction of sp³-hybridized carbons (Fsp3) is 0.333. The van der Waals surface area contributed by atoms with Crippen LogP contribution in [0.25, 0.3) is 0 Å². The average molecular weight is 394 g/mol. The molecule has 2 aromatic rings.